The molecule has 1 aliphatic rings. The molecule has 0 radical (unpaired) electrons. The zero-order chi connectivity index (χ0) is 22.5. The van der Waals surface area contributed by atoms with E-state index in [1.165, 1.54) is 62.5 Å². The minimum Gasteiger partial charge on any atom is -0.462 e. The van der Waals surface area contributed by atoms with Gasteiger partial charge in [0.15, 0.2) is 0 Å². The fourth-order valence-electron chi connectivity index (χ4n) is 4.70. The highest BCUT2D eigenvalue weighted by Crippen LogP contribution is 2.39. The number of aryl methyl sites for hydroxylation is 1. The zero-order valence-electron chi connectivity index (χ0n) is 19.6. The van der Waals surface area contributed by atoms with E-state index < -0.39 is 5.97 Å². The van der Waals surface area contributed by atoms with Gasteiger partial charge in [0.2, 0.25) is 0 Å². The fourth-order valence-corrected chi connectivity index (χ4v) is 4.70. The van der Waals surface area contributed by atoms with E-state index in [1.54, 1.807) is 7.11 Å². The summed E-state index contributed by atoms with van der Waals surface area (Å²) in [5.41, 5.74) is 3.02. The number of hydrogen-bond donors (Lipinski definition) is 1. The lowest BCUT2D eigenvalue weighted by Crippen LogP contribution is -2.29. The van der Waals surface area contributed by atoms with Gasteiger partial charge >= 0.3 is 5.97 Å². The van der Waals surface area contributed by atoms with E-state index in [4.69, 9.17) is 14.6 Å². The van der Waals surface area contributed by atoms with Crippen molar-refractivity contribution in [3.05, 3.63) is 47.5 Å². The summed E-state index contributed by atoms with van der Waals surface area (Å²) in [5, 5.41) is 9.03. The van der Waals surface area contributed by atoms with Gasteiger partial charge in [-0.3, -0.25) is 0 Å². The van der Waals surface area contributed by atoms with Gasteiger partial charge in [-0.1, -0.05) is 63.5 Å². The molecule has 1 aromatic rings. The Bertz CT molecular complexity index is 644. The van der Waals surface area contributed by atoms with Crippen molar-refractivity contribution in [2.45, 2.75) is 77.0 Å². The molecule has 4 nitrogen and oxygen atoms in total. The average Bonchev–Trinajstić information content (AvgIpc) is 2.81. The van der Waals surface area contributed by atoms with Crippen LogP contribution in [0.25, 0.3) is 0 Å². The monoisotopic (exact) mass is 430 g/mol. The van der Waals surface area contributed by atoms with Gasteiger partial charge in [-0.05, 0) is 61.5 Å². The Morgan fingerprint density at radius 1 is 1.06 bits per heavy atom. The van der Waals surface area contributed by atoms with Crippen molar-refractivity contribution >= 4 is 5.97 Å². The van der Waals surface area contributed by atoms with Gasteiger partial charge in [0.05, 0.1) is 25.4 Å². The second-order valence-electron chi connectivity index (χ2n) is 9.09. The number of hydrogen-bond acceptors (Lipinski definition) is 4. The number of methoxy groups -OCH3 is 1. The van der Waals surface area contributed by atoms with Crippen LogP contribution in [-0.2, 0) is 20.7 Å². The summed E-state index contributed by atoms with van der Waals surface area (Å²) in [4.78, 5) is 11.8. The third-order valence-corrected chi connectivity index (χ3v) is 6.75. The molecule has 0 bridgehead atoms. The first-order valence-corrected chi connectivity index (χ1v) is 12.1. The van der Waals surface area contributed by atoms with Crippen LogP contribution in [0, 0.1) is 11.8 Å². The third kappa shape index (κ3) is 8.78. The smallest absolute Gasteiger partial charge is 0.335 e. The summed E-state index contributed by atoms with van der Waals surface area (Å²) in [7, 11) is 1.69. The van der Waals surface area contributed by atoms with Crippen LogP contribution in [-0.4, -0.2) is 38.0 Å². The van der Waals surface area contributed by atoms with Gasteiger partial charge in [0.1, 0.15) is 0 Å². The quantitative estimate of drug-likeness (QED) is 0.229. The molecule has 1 atom stereocenters. The number of unbranched alkanes of at least 4 members (excludes halogenated alkanes) is 4. The number of benzene rings is 1. The van der Waals surface area contributed by atoms with E-state index >= 15 is 0 Å². The molecule has 0 heterocycles. The topological polar surface area (TPSA) is 55.8 Å². The highest BCUT2D eigenvalue weighted by molar-refractivity contribution is 5.87. The molecule has 0 amide bonds. The Morgan fingerprint density at radius 3 is 2.35 bits per heavy atom. The standard InChI is InChI=1S/C27H42O4/c1-4-5-6-7-8-9-22-10-12-23(13-11-22)24-14-16-25(17-15-24)26(19-30-3)20-31-27(29)21(2)18-28/h10-13,24-26,28H,2,4-9,14-20H2,1,3H3. The Balaban J connectivity index is 1.79. The van der Waals surface area contributed by atoms with Crippen LogP contribution in [0.3, 0.4) is 0 Å². The van der Waals surface area contributed by atoms with Crippen molar-refractivity contribution in [3.8, 4) is 0 Å². The lowest BCUT2D eigenvalue weighted by molar-refractivity contribution is -0.142. The average molecular weight is 431 g/mol. The van der Waals surface area contributed by atoms with E-state index in [1.807, 2.05) is 0 Å². The number of ether oxygens (including phenoxy) is 2. The van der Waals surface area contributed by atoms with Crippen LogP contribution in [0.4, 0.5) is 0 Å². The van der Waals surface area contributed by atoms with E-state index in [0.717, 1.165) is 12.8 Å². The highest BCUT2D eigenvalue weighted by Gasteiger charge is 2.29. The zero-order valence-corrected chi connectivity index (χ0v) is 19.6. The van der Waals surface area contributed by atoms with Gasteiger partial charge in [0, 0.05) is 13.0 Å². The normalized spacial score (nSPS) is 19.7. The number of aliphatic hydroxyl groups excluding tert-OH is 1. The molecule has 0 spiro atoms. The predicted octanol–water partition coefficient (Wildman–Crippen LogP) is 5.83. The SMILES string of the molecule is C=C(CO)C(=O)OCC(COC)C1CCC(c2ccc(CCCCCCC)cc2)CC1. The fraction of sp³-hybridized carbons (Fsp3) is 0.667. The Labute approximate surface area is 189 Å². The second kappa shape index (κ2) is 14.4. The van der Waals surface area contributed by atoms with Crippen LogP contribution in [0.5, 0.6) is 0 Å². The highest BCUT2D eigenvalue weighted by atomic mass is 16.5. The maximum Gasteiger partial charge on any atom is 0.335 e. The summed E-state index contributed by atoms with van der Waals surface area (Å²) in [6.07, 6.45) is 12.4. The summed E-state index contributed by atoms with van der Waals surface area (Å²) >= 11 is 0. The molecule has 2 rings (SSSR count). The molecule has 1 unspecified atom stereocenters. The van der Waals surface area contributed by atoms with E-state index in [-0.39, 0.29) is 18.1 Å². The van der Waals surface area contributed by atoms with Crippen LogP contribution < -0.4 is 0 Å². The minimum atomic E-state index is -0.511. The predicted molar refractivity (Wildman–Crippen MR) is 126 cm³/mol. The van der Waals surface area contributed by atoms with Crippen molar-refractivity contribution in [1.82, 2.24) is 0 Å². The molecule has 1 fully saturated rings. The van der Waals surface area contributed by atoms with Crippen molar-refractivity contribution in [3.63, 3.8) is 0 Å². The molecule has 0 aromatic heterocycles. The van der Waals surface area contributed by atoms with Crippen LogP contribution in [0.15, 0.2) is 36.4 Å². The van der Waals surface area contributed by atoms with Gasteiger partial charge in [-0.15, -0.1) is 0 Å². The van der Waals surface area contributed by atoms with Crippen LogP contribution >= 0.6 is 0 Å². The number of carbonyl (C=O) groups excluding carboxylic acids is 1. The molecule has 0 saturated heterocycles. The molecule has 1 N–H and O–H groups in total. The lowest BCUT2D eigenvalue weighted by Gasteiger charge is -2.33. The summed E-state index contributed by atoms with van der Waals surface area (Å²) < 4.78 is 10.8. The van der Waals surface area contributed by atoms with E-state index in [0.29, 0.717) is 25.0 Å². The first-order valence-electron chi connectivity index (χ1n) is 12.1. The summed E-state index contributed by atoms with van der Waals surface area (Å²) in [6.45, 7) is 6.34. The van der Waals surface area contributed by atoms with E-state index in [9.17, 15) is 4.79 Å². The number of aliphatic hydroxyl groups is 1. The largest absolute Gasteiger partial charge is 0.462 e. The molecule has 1 saturated carbocycles. The van der Waals surface area contributed by atoms with Crippen molar-refractivity contribution in [2.24, 2.45) is 11.8 Å². The molecule has 4 heteroatoms. The summed E-state index contributed by atoms with van der Waals surface area (Å²) in [6, 6.07) is 9.31. The van der Waals surface area contributed by atoms with Crippen molar-refractivity contribution in [2.75, 3.05) is 26.9 Å². The first-order chi connectivity index (χ1) is 15.1. The molecule has 174 valence electrons. The third-order valence-electron chi connectivity index (χ3n) is 6.75. The van der Waals surface area contributed by atoms with Crippen molar-refractivity contribution < 1.29 is 19.4 Å². The van der Waals surface area contributed by atoms with Gasteiger partial charge in [-0.25, -0.2) is 4.79 Å². The molecule has 1 aliphatic carbocycles. The lowest BCUT2D eigenvalue weighted by atomic mass is 9.74. The number of rotatable bonds is 14. The molecule has 31 heavy (non-hydrogen) atoms. The molecule has 1 aromatic carbocycles. The number of esters is 1. The Morgan fingerprint density at radius 2 is 1.74 bits per heavy atom. The molecular formula is C27H42O4. The van der Waals surface area contributed by atoms with Crippen LogP contribution in [0.1, 0.15) is 81.8 Å². The van der Waals surface area contributed by atoms with Gasteiger partial charge in [0.25, 0.3) is 0 Å². The Kier molecular flexibility index (Phi) is 11.9. The van der Waals surface area contributed by atoms with E-state index in [2.05, 4.69) is 37.8 Å². The first kappa shape index (κ1) is 25.6. The molecule has 0 aliphatic heterocycles. The Hall–Kier alpha value is -1.65. The minimum absolute atomic E-state index is 0.101. The maximum absolute atomic E-state index is 11.8. The van der Waals surface area contributed by atoms with Gasteiger partial charge < -0.3 is 14.6 Å². The second-order valence-corrected chi connectivity index (χ2v) is 9.09. The maximum atomic E-state index is 11.8. The number of carbonyl (C=O) groups is 1. The molecular weight excluding hydrogens is 388 g/mol. The van der Waals surface area contributed by atoms with Gasteiger partial charge in [-0.2, -0.15) is 0 Å². The van der Waals surface area contributed by atoms with Crippen LogP contribution in [0.2, 0.25) is 0 Å². The van der Waals surface area contributed by atoms with Crippen molar-refractivity contribution in [1.29, 1.82) is 0 Å². The summed E-state index contributed by atoms with van der Waals surface area (Å²) in [5.74, 6) is 0.794.